The molecule has 0 atom stereocenters. The van der Waals surface area contributed by atoms with Crippen molar-refractivity contribution in [3.05, 3.63) is 29.8 Å². The van der Waals surface area contributed by atoms with Gasteiger partial charge in [-0.2, -0.15) is 0 Å². The Morgan fingerprint density at radius 1 is 1.35 bits per heavy atom. The lowest BCUT2D eigenvalue weighted by molar-refractivity contribution is 0.369. The van der Waals surface area contributed by atoms with Crippen LogP contribution in [0.1, 0.15) is 31.5 Å². The van der Waals surface area contributed by atoms with Crippen LogP contribution in [0, 0.1) is 17.2 Å². The van der Waals surface area contributed by atoms with E-state index in [-0.39, 0.29) is 5.82 Å². The fraction of sp³-hybridized carbons (Fsp3) is 0.562. The molecule has 1 heterocycles. The molecule has 0 saturated heterocycles. The Labute approximate surface area is 122 Å². The Bertz CT molecular complexity index is 656. The Morgan fingerprint density at radius 2 is 2.15 bits per heavy atom. The summed E-state index contributed by atoms with van der Waals surface area (Å²) in [4.78, 5) is 4.50. The van der Waals surface area contributed by atoms with E-state index in [1.807, 2.05) is 6.07 Å². The summed E-state index contributed by atoms with van der Waals surface area (Å²) in [6.45, 7) is 0.990. The zero-order valence-corrected chi connectivity index (χ0v) is 12.2. The van der Waals surface area contributed by atoms with E-state index in [0.29, 0.717) is 23.2 Å². The van der Waals surface area contributed by atoms with E-state index >= 15 is 0 Å². The van der Waals surface area contributed by atoms with Crippen LogP contribution in [0.3, 0.4) is 0 Å². The van der Waals surface area contributed by atoms with Gasteiger partial charge in [0.15, 0.2) is 5.82 Å². The molecule has 1 aromatic carbocycles. The van der Waals surface area contributed by atoms with Crippen molar-refractivity contribution in [3.8, 4) is 0 Å². The number of fused-ring (bicyclic) bond motifs is 1. The van der Waals surface area contributed by atoms with Crippen molar-refractivity contribution in [2.45, 2.75) is 38.6 Å². The average molecular weight is 293 g/mol. The molecule has 0 unspecified atom stereocenters. The molecule has 4 heteroatoms. The van der Waals surface area contributed by atoms with E-state index in [2.05, 4.69) is 9.55 Å². The highest BCUT2D eigenvalue weighted by Crippen LogP contribution is 2.62. The maximum absolute atomic E-state index is 13.9. The number of para-hydroxylation sites is 1. The van der Waals surface area contributed by atoms with Gasteiger partial charge in [0.25, 0.3) is 0 Å². The smallest absolute Gasteiger partial charge is 0.151 e. The zero-order valence-electron chi connectivity index (χ0n) is 11.4. The Hall–Kier alpha value is -1.09. The molecule has 0 bridgehead atoms. The van der Waals surface area contributed by atoms with Crippen molar-refractivity contribution in [1.29, 1.82) is 0 Å². The van der Waals surface area contributed by atoms with Gasteiger partial charge in [0.05, 0.1) is 5.52 Å². The van der Waals surface area contributed by atoms with Gasteiger partial charge in [-0.15, -0.1) is 11.6 Å². The molecular formula is C16H18ClFN2. The van der Waals surface area contributed by atoms with E-state index in [0.717, 1.165) is 23.8 Å². The average Bonchev–Trinajstić information content (AvgIpc) is 3.32. The van der Waals surface area contributed by atoms with Crippen LogP contribution in [0.15, 0.2) is 18.2 Å². The summed E-state index contributed by atoms with van der Waals surface area (Å²) in [6, 6.07) is 5.24. The van der Waals surface area contributed by atoms with Crippen LogP contribution < -0.4 is 0 Å². The zero-order chi connectivity index (χ0) is 13.7. The number of halogens is 2. The molecule has 2 saturated carbocycles. The number of aromatic nitrogens is 2. The van der Waals surface area contributed by atoms with Crippen LogP contribution in [0.25, 0.3) is 11.0 Å². The molecule has 2 nitrogen and oxygen atoms in total. The van der Waals surface area contributed by atoms with Crippen molar-refractivity contribution in [3.63, 3.8) is 0 Å². The molecular weight excluding hydrogens is 275 g/mol. The van der Waals surface area contributed by atoms with Gasteiger partial charge in [-0.25, -0.2) is 9.37 Å². The minimum absolute atomic E-state index is 0.228. The van der Waals surface area contributed by atoms with Gasteiger partial charge in [0, 0.05) is 18.8 Å². The van der Waals surface area contributed by atoms with Crippen LogP contribution >= 0.6 is 11.6 Å². The largest absolute Gasteiger partial charge is 0.327 e. The van der Waals surface area contributed by atoms with E-state index in [4.69, 9.17) is 11.6 Å². The minimum atomic E-state index is -0.228. The molecule has 4 rings (SSSR count). The van der Waals surface area contributed by atoms with Crippen molar-refractivity contribution in [1.82, 2.24) is 9.55 Å². The van der Waals surface area contributed by atoms with Crippen LogP contribution in [0.2, 0.25) is 0 Å². The molecule has 20 heavy (non-hydrogen) atoms. The number of benzene rings is 1. The molecule has 0 aliphatic heterocycles. The molecule has 1 aromatic heterocycles. The Kier molecular flexibility index (Phi) is 2.81. The molecule has 2 aliphatic rings. The van der Waals surface area contributed by atoms with Crippen molar-refractivity contribution >= 4 is 22.6 Å². The first kappa shape index (κ1) is 12.6. The second kappa shape index (κ2) is 4.45. The maximum atomic E-state index is 13.9. The molecule has 2 fully saturated rings. The number of hydrogen-bond donors (Lipinski definition) is 0. The molecule has 106 valence electrons. The summed E-state index contributed by atoms with van der Waals surface area (Å²) in [6.07, 6.45) is 6.06. The van der Waals surface area contributed by atoms with Crippen LogP contribution in [0.5, 0.6) is 0 Å². The van der Waals surface area contributed by atoms with Crippen molar-refractivity contribution < 1.29 is 4.39 Å². The van der Waals surface area contributed by atoms with E-state index in [1.165, 1.54) is 31.7 Å². The summed E-state index contributed by atoms with van der Waals surface area (Å²) in [5, 5.41) is 0. The second-order valence-corrected chi connectivity index (χ2v) is 6.68. The quantitative estimate of drug-likeness (QED) is 0.757. The highest BCUT2D eigenvalue weighted by atomic mass is 35.5. The van der Waals surface area contributed by atoms with Gasteiger partial charge in [0.2, 0.25) is 0 Å². The molecule has 2 aromatic rings. The van der Waals surface area contributed by atoms with Crippen molar-refractivity contribution in [2.75, 3.05) is 5.88 Å². The highest BCUT2D eigenvalue weighted by molar-refractivity contribution is 6.17. The highest BCUT2D eigenvalue weighted by Gasteiger charge is 2.54. The first-order chi connectivity index (χ1) is 9.73. The van der Waals surface area contributed by atoms with Crippen molar-refractivity contribution in [2.24, 2.45) is 11.3 Å². The number of hydrogen-bond acceptors (Lipinski definition) is 1. The summed E-state index contributed by atoms with van der Waals surface area (Å²) >= 11 is 5.89. The minimum Gasteiger partial charge on any atom is -0.327 e. The van der Waals surface area contributed by atoms with Gasteiger partial charge >= 0.3 is 0 Å². The van der Waals surface area contributed by atoms with Gasteiger partial charge in [0.1, 0.15) is 11.3 Å². The van der Waals surface area contributed by atoms with Gasteiger partial charge in [-0.05, 0) is 49.1 Å². The van der Waals surface area contributed by atoms with Crippen LogP contribution in [0.4, 0.5) is 4.39 Å². The summed E-state index contributed by atoms with van der Waals surface area (Å²) in [5.74, 6) is 2.12. The third-order valence-electron chi connectivity index (χ3n) is 4.94. The lowest BCUT2D eigenvalue weighted by atomic mass is 10.0. The Balaban J connectivity index is 1.79. The summed E-state index contributed by atoms with van der Waals surface area (Å²) < 4.78 is 16.2. The van der Waals surface area contributed by atoms with E-state index in [9.17, 15) is 4.39 Å². The number of imidazole rings is 1. The third-order valence-corrected chi connectivity index (χ3v) is 5.12. The lowest BCUT2D eigenvalue weighted by Crippen LogP contribution is -2.16. The topological polar surface area (TPSA) is 17.8 Å². The van der Waals surface area contributed by atoms with Crippen LogP contribution in [-0.4, -0.2) is 15.4 Å². The first-order valence-corrected chi connectivity index (χ1v) is 7.96. The molecule has 0 N–H and O–H groups in total. The number of rotatable bonds is 5. The van der Waals surface area contributed by atoms with Gasteiger partial charge < -0.3 is 4.57 Å². The van der Waals surface area contributed by atoms with E-state index < -0.39 is 0 Å². The van der Waals surface area contributed by atoms with Gasteiger partial charge in [-0.3, -0.25) is 0 Å². The third kappa shape index (κ3) is 1.95. The predicted octanol–water partition coefficient (Wildman–Crippen LogP) is 4.15. The SMILES string of the molecule is Fc1cccc2c1nc(CCCl)n2CC1(C2CC2)CC1. The number of aryl methyl sites for hydroxylation is 1. The maximum Gasteiger partial charge on any atom is 0.151 e. The number of alkyl halides is 1. The first-order valence-electron chi connectivity index (χ1n) is 7.43. The monoisotopic (exact) mass is 292 g/mol. The van der Waals surface area contributed by atoms with E-state index in [1.54, 1.807) is 6.07 Å². The second-order valence-electron chi connectivity index (χ2n) is 6.30. The molecule has 2 aliphatic carbocycles. The molecule has 0 spiro atoms. The molecule has 0 amide bonds. The molecule has 0 radical (unpaired) electrons. The van der Waals surface area contributed by atoms with Crippen LogP contribution in [-0.2, 0) is 13.0 Å². The Morgan fingerprint density at radius 3 is 2.80 bits per heavy atom. The lowest BCUT2D eigenvalue weighted by Gasteiger charge is -2.17. The van der Waals surface area contributed by atoms with Gasteiger partial charge in [-0.1, -0.05) is 6.07 Å². The fourth-order valence-corrected chi connectivity index (χ4v) is 3.65. The fourth-order valence-electron chi connectivity index (χ4n) is 3.48. The standard InChI is InChI=1S/C16H18ClFN2/c17-9-6-14-19-15-12(18)2-1-3-13(15)20(14)10-16(7-8-16)11-4-5-11/h1-3,11H,4-10H2. The summed E-state index contributed by atoms with van der Waals surface area (Å²) in [7, 11) is 0. The predicted molar refractivity (Wildman–Crippen MR) is 78.5 cm³/mol. The normalized spacial score (nSPS) is 20.5. The summed E-state index contributed by atoms with van der Waals surface area (Å²) in [5.41, 5.74) is 1.90. The number of nitrogens with zero attached hydrogens (tertiary/aromatic N) is 2.